The Labute approximate surface area is 164 Å². The van der Waals surface area contributed by atoms with Crippen LogP contribution in [0.15, 0.2) is 22.7 Å². The first kappa shape index (κ1) is 20.7. The lowest BCUT2D eigenvalue weighted by molar-refractivity contribution is -0.117. The van der Waals surface area contributed by atoms with E-state index in [0.29, 0.717) is 38.7 Å². The van der Waals surface area contributed by atoms with Crippen LogP contribution in [-0.4, -0.2) is 61.1 Å². The van der Waals surface area contributed by atoms with E-state index in [-0.39, 0.29) is 12.0 Å². The van der Waals surface area contributed by atoms with Crippen molar-refractivity contribution >= 4 is 33.6 Å². The summed E-state index contributed by atoms with van der Waals surface area (Å²) in [7, 11) is 0. The van der Waals surface area contributed by atoms with Crippen LogP contribution in [0.5, 0.6) is 0 Å². The summed E-state index contributed by atoms with van der Waals surface area (Å²) in [5, 5.41) is 2.94. The van der Waals surface area contributed by atoms with Gasteiger partial charge in [-0.2, -0.15) is 0 Å². The SMILES string of the molecule is Cc1ccc(NC(=O)CN2CCCN(C(=O)OCC(C)C)CC2)c(Br)c1. The topological polar surface area (TPSA) is 61.9 Å². The van der Waals surface area contributed by atoms with Crippen LogP contribution < -0.4 is 5.32 Å². The van der Waals surface area contributed by atoms with E-state index < -0.39 is 0 Å². The molecular formula is C19H28BrN3O3. The molecule has 1 fully saturated rings. The maximum atomic E-state index is 12.3. The highest BCUT2D eigenvalue weighted by molar-refractivity contribution is 9.10. The zero-order valence-electron chi connectivity index (χ0n) is 15.8. The van der Waals surface area contributed by atoms with Crippen molar-refractivity contribution in [2.24, 2.45) is 5.92 Å². The molecule has 1 aliphatic heterocycles. The van der Waals surface area contributed by atoms with Crippen molar-refractivity contribution in [3.63, 3.8) is 0 Å². The highest BCUT2D eigenvalue weighted by Crippen LogP contribution is 2.23. The van der Waals surface area contributed by atoms with Crippen LogP contribution in [0.4, 0.5) is 10.5 Å². The van der Waals surface area contributed by atoms with Crippen LogP contribution in [-0.2, 0) is 9.53 Å². The van der Waals surface area contributed by atoms with Crippen LogP contribution in [0.25, 0.3) is 0 Å². The smallest absolute Gasteiger partial charge is 0.409 e. The molecule has 1 saturated heterocycles. The number of nitrogens with zero attached hydrogens (tertiary/aromatic N) is 2. The van der Waals surface area contributed by atoms with E-state index in [9.17, 15) is 9.59 Å². The molecule has 0 spiro atoms. The second-order valence-electron chi connectivity index (χ2n) is 7.12. The Morgan fingerprint density at radius 3 is 2.69 bits per heavy atom. The van der Waals surface area contributed by atoms with Gasteiger partial charge < -0.3 is 15.0 Å². The van der Waals surface area contributed by atoms with Crippen LogP contribution in [0.1, 0.15) is 25.8 Å². The van der Waals surface area contributed by atoms with Gasteiger partial charge in [0.05, 0.1) is 18.8 Å². The average Bonchev–Trinajstić information content (AvgIpc) is 2.81. The number of amides is 2. The Bertz CT molecular complexity index is 636. The Hall–Kier alpha value is -1.60. The molecule has 0 unspecified atom stereocenters. The van der Waals surface area contributed by atoms with Crippen molar-refractivity contribution in [2.75, 3.05) is 44.6 Å². The van der Waals surface area contributed by atoms with Crippen molar-refractivity contribution in [1.29, 1.82) is 0 Å². The van der Waals surface area contributed by atoms with E-state index in [1.54, 1.807) is 4.90 Å². The Kier molecular flexibility index (Phi) is 7.90. The first-order valence-electron chi connectivity index (χ1n) is 9.05. The molecule has 6 nitrogen and oxygen atoms in total. The molecule has 1 heterocycles. The van der Waals surface area contributed by atoms with Gasteiger partial charge in [-0.1, -0.05) is 19.9 Å². The third-order valence-electron chi connectivity index (χ3n) is 4.15. The van der Waals surface area contributed by atoms with Crippen molar-refractivity contribution in [1.82, 2.24) is 9.80 Å². The highest BCUT2D eigenvalue weighted by atomic mass is 79.9. The number of aryl methyl sites for hydroxylation is 1. The number of ether oxygens (including phenoxy) is 1. The zero-order chi connectivity index (χ0) is 19.1. The van der Waals surface area contributed by atoms with Crippen molar-refractivity contribution in [2.45, 2.75) is 27.2 Å². The van der Waals surface area contributed by atoms with Gasteiger partial charge in [-0.15, -0.1) is 0 Å². The number of rotatable bonds is 5. The minimum absolute atomic E-state index is 0.0506. The molecule has 26 heavy (non-hydrogen) atoms. The number of hydrogen-bond acceptors (Lipinski definition) is 4. The molecule has 0 aromatic heterocycles. The first-order chi connectivity index (χ1) is 12.3. The quantitative estimate of drug-likeness (QED) is 0.783. The number of hydrogen-bond donors (Lipinski definition) is 1. The third-order valence-corrected chi connectivity index (χ3v) is 4.81. The summed E-state index contributed by atoms with van der Waals surface area (Å²) in [5.74, 6) is 0.276. The van der Waals surface area contributed by atoms with Gasteiger partial charge in [-0.05, 0) is 52.9 Å². The second-order valence-corrected chi connectivity index (χ2v) is 7.97. The lowest BCUT2D eigenvalue weighted by atomic mass is 10.2. The van der Waals surface area contributed by atoms with Crippen LogP contribution in [0.2, 0.25) is 0 Å². The minimum Gasteiger partial charge on any atom is -0.449 e. The van der Waals surface area contributed by atoms with Gasteiger partial charge in [0.2, 0.25) is 5.91 Å². The number of nitrogens with one attached hydrogen (secondary N) is 1. The van der Waals surface area contributed by atoms with Gasteiger partial charge in [0.15, 0.2) is 0 Å². The number of carbonyl (C=O) groups is 2. The molecule has 0 radical (unpaired) electrons. The average molecular weight is 426 g/mol. The summed E-state index contributed by atoms with van der Waals surface area (Å²) in [6.45, 7) is 9.49. The molecule has 2 rings (SSSR count). The van der Waals surface area contributed by atoms with E-state index in [4.69, 9.17) is 4.74 Å². The number of halogens is 1. The number of carbonyl (C=O) groups excluding carboxylic acids is 2. The summed E-state index contributed by atoms with van der Waals surface area (Å²) in [6.07, 6.45) is 0.576. The monoisotopic (exact) mass is 425 g/mol. The van der Waals surface area contributed by atoms with Gasteiger partial charge in [-0.25, -0.2) is 4.79 Å². The summed E-state index contributed by atoms with van der Waals surface area (Å²) in [6, 6.07) is 5.83. The fraction of sp³-hybridized carbons (Fsp3) is 0.579. The third kappa shape index (κ3) is 6.61. The van der Waals surface area contributed by atoms with Gasteiger partial charge in [0.1, 0.15) is 0 Å². The Morgan fingerprint density at radius 1 is 1.23 bits per heavy atom. The predicted molar refractivity (Wildman–Crippen MR) is 106 cm³/mol. The maximum Gasteiger partial charge on any atom is 0.409 e. The minimum atomic E-state index is -0.256. The van der Waals surface area contributed by atoms with Gasteiger partial charge in [0.25, 0.3) is 0 Å². The Balaban J connectivity index is 1.81. The molecule has 0 saturated carbocycles. The fourth-order valence-electron chi connectivity index (χ4n) is 2.76. The molecule has 0 bridgehead atoms. The Morgan fingerprint density at radius 2 is 2.00 bits per heavy atom. The predicted octanol–water partition coefficient (Wildman–Crippen LogP) is 3.50. The molecule has 1 aliphatic rings. The van der Waals surface area contributed by atoms with Crippen LogP contribution in [0.3, 0.4) is 0 Å². The molecule has 1 aromatic rings. The summed E-state index contributed by atoms with van der Waals surface area (Å²) < 4.78 is 6.18. The molecule has 144 valence electrons. The normalized spacial score (nSPS) is 15.7. The van der Waals surface area contributed by atoms with Crippen molar-refractivity contribution < 1.29 is 14.3 Å². The van der Waals surface area contributed by atoms with Gasteiger partial charge in [0, 0.05) is 30.7 Å². The lowest BCUT2D eigenvalue weighted by Crippen LogP contribution is -2.38. The van der Waals surface area contributed by atoms with Gasteiger partial charge in [-0.3, -0.25) is 9.69 Å². The van der Waals surface area contributed by atoms with Crippen LogP contribution in [0, 0.1) is 12.8 Å². The second kappa shape index (κ2) is 9.92. The summed E-state index contributed by atoms with van der Waals surface area (Å²) >= 11 is 3.48. The molecule has 7 heteroatoms. The molecule has 1 aromatic carbocycles. The van der Waals surface area contributed by atoms with E-state index in [2.05, 4.69) is 26.1 Å². The summed E-state index contributed by atoms with van der Waals surface area (Å²) in [5.41, 5.74) is 1.90. The molecule has 0 aliphatic carbocycles. The highest BCUT2D eigenvalue weighted by Gasteiger charge is 2.21. The van der Waals surface area contributed by atoms with Crippen LogP contribution >= 0.6 is 15.9 Å². The van der Waals surface area contributed by atoms with Crippen molar-refractivity contribution in [3.05, 3.63) is 28.2 Å². The van der Waals surface area contributed by atoms with E-state index >= 15 is 0 Å². The first-order valence-corrected chi connectivity index (χ1v) is 9.84. The van der Waals surface area contributed by atoms with E-state index in [1.807, 2.05) is 39.0 Å². The zero-order valence-corrected chi connectivity index (χ0v) is 17.3. The molecule has 2 amide bonds. The molecular weight excluding hydrogens is 398 g/mol. The fourth-order valence-corrected chi connectivity index (χ4v) is 3.35. The molecule has 0 atom stereocenters. The van der Waals surface area contributed by atoms with E-state index in [1.165, 1.54) is 0 Å². The molecule has 1 N–H and O–H groups in total. The maximum absolute atomic E-state index is 12.3. The number of benzene rings is 1. The largest absolute Gasteiger partial charge is 0.449 e. The number of anilines is 1. The van der Waals surface area contributed by atoms with Crippen molar-refractivity contribution in [3.8, 4) is 0 Å². The van der Waals surface area contributed by atoms with Gasteiger partial charge >= 0.3 is 6.09 Å². The summed E-state index contributed by atoms with van der Waals surface area (Å²) in [4.78, 5) is 28.2. The van der Waals surface area contributed by atoms with E-state index in [0.717, 1.165) is 28.7 Å². The standard InChI is InChI=1S/C19H28BrN3O3/c1-14(2)13-26-19(25)23-8-4-7-22(9-10-23)12-18(24)21-17-6-5-15(3)11-16(17)20/h5-6,11,14H,4,7-10,12-13H2,1-3H3,(H,21,24). The lowest BCUT2D eigenvalue weighted by Gasteiger charge is -2.22.